The van der Waals surface area contributed by atoms with Crippen molar-refractivity contribution in [2.24, 2.45) is 0 Å². The van der Waals surface area contributed by atoms with Gasteiger partial charge in [-0.3, -0.25) is 4.79 Å². The van der Waals surface area contributed by atoms with Gasteiger partial charge in [-0.15, -0.1) is 10.2 Å². The summed E-state index contributed by atoms with van der Waals surface area (Å²) in [6.07, 6.45) is 0. The number of carbonyl (C=O) groups excluding carboxylic acids is 1. The summed E-state index contributed by atoms with van der Waals surface area (Å²) in [5.41, 5.74) is 1.43. The van der Waals surface area contributed by atoms with Gasteiger partial charge in [0.05, 0.1) is 32.8 Å². The lowest BCUT2D eigenvalue weighted by atomic mass is 10.2. The number of hydrogen-bond donors (Lipinski definition) is 2. The van der Waals surface area contributed by atoms with E-state index in [0.717, 1.165) is 11.4 Å². The number of anilines is 3. The molecule has 0 radical (unpaired) electrons. The van der Waals surface area contributed by atoms with Crippen molar-refractivity contribution in [2.75, 3.05) is 37.7 Å². The van der Waals surface area contributed by atoms with Gasteiger partial charge in [0.2, 0.25) is 11.0 Å². The number of amides is 1. The molecule has 29 heavy (non-hydrogen) atoms. The van der Waals surface area contributed by atoms with E-state index >= 15 is 0 Å². The van der Waals surface area contributed by atoms with Crippen molar-refractivity contribution < 1.29 is 19.0 Å². The zero-order valence-corrected chi connectivity index (χ0v) is 17.7. The Morgan fingerprint density at radius 2 is 1.83 bits per heavy atom. The number of benzene rings is 2. The van der Waals surface area contributed by atoms with Crippen LogP contribution in [0.15, 0.2) is 46.8 Å². The lowest BCUT2D eigenvalue weighted by molar-refractivity contribution is -0.113. The van der Waals surface area contributed by atoms with E-state index in [2.05, 4.69) is 20.8 Å². The smallest absolute Gasteiger partial charge is 0.234 e. The normalized spacial score (nSPS) is 10.3. The Morgan fingerprint density at radius 1 is 1.03 bits per heavy atom. The van der Waals surface area contributed by atoms with E-state index in [4.69, 9.17) is 14.2 Å². The first-order valence-electron chi connectivity index (χ1n) is 8.50. The van der Waals surface area contributed by atoms with Crippen molar-refractivity contribution in [3.05, 3.63) is 42.5 Å². The maximum Gasteiger partial charge on any atom is 0.234 e. The number of carbonyl (C=O) groups is 1. The predicted octanol–water partition coefficient (Wildman–Crippen LogP) is 4.04. The van der Waals surface area contributed by atoms with Gasteiger partial charge in [0.1, 0.15) is 17.2 Å². The number of aromatic nitrogens is 2. The minimum atomic E-state index is -0.170. The second-order valence-electron chi connectivity index (χ2n) is 5.63. The molecule has 0 saturated heterocycles. The van der Waals surface area contributed by atoms with Crippen LogP contribution in [0.2, 0.25) is 0 Å². The third-order valence-electron chi connectivity index (χ3n) is 3.74. The van der Waals surface area contributed by atoms with Gasteiger partial charge in [-0.2, -0.15) is 0 Å². The van der Waals surface area contributed by atoms with Gasteiger partial charge < -0.3 is 24.8 Å². The SMILES string of the molecule is COc1cccc(Nc2nnc(SCC(=O)Nc3ccc(OC)cc3OC)s2)c1. The highest BCUT2D eigenvalue weighted by Crippen LogP contribution is 2.31. The summed E-state index contributed by atoms with van der Waals surface area (Å²) in [5.74, 6) is 1.96. The molecule has 1 amide bonds. The highest BCUT2D eigenvalue weighted by Gasteiger charge is 2.12. The molecule has 152 valence electrons. The van der Waals surface area contributed by atoms with Gasteiger partial charge in [-0.1, -0.05) is 29.2 Å². The molecule has 0 saturated carbocycles. The van der Waals surface area contributed by atoms with E-state index in [1.165, 1.54) is 30.2 Å². The Bertz CT molecular complexity index is 980. The van der Waals surface area contributed by atoms with Crippen LogP contribution in [0.3, 0.4) is 0 Å². The minimum absolute atomic E-state index is 0.170. The molecule has 1 aromatic heterocycles. The monoisotopic (exact) mass is 432 g/mol. The number of nitrogens with one attached hydrogen (secondary N) is 2. The van der Waals surface area contributed by atoms with Crippen molar-refractivity contribution in [2.45, 2.75) is 4.34 Å². The van der Waals surface area contributed by atoms with E-state index in [1.807, 2.05) is 24.3 Å². The average Bonchev–Trinajstić information content (AvgIpc) is 3.20. The molecule has 2 N–H and O–H groups in total. The lowest BCUT2D eigenvalue weighted by Crippen LogP contribution is -2.14. The van der Waals surface area contributed by atoms with Crippen molar-refractivity contribution >= 4 is 45.5 Å². The first kappa shape index (κ1) is 20.7. The molecule has 0 aliphatic carbocycles. The number of hydrogen-bond acceptors (Lipinski definition) is 9. The van der Waals surface area contributed by atoms with E-state index in [1.54, 1.807) is 32.4 Å². The maximum atomic E-state index is 12.3. The van der Waals surface area contributed by atoms with Crippen molar-refractivity contribution in [3.63, 3.8) is 0 Å². The highest BCUT2D eigenvalue weighted by molar-refractivity contribution is 8.01. The molecule has 3 aromatic rings. The first-order valence-corrected chi connectivity index (χ1v) is 10.3. The molecule has 0 bridgehead atoms. The van der Waals surface area contributed by atoms with Crippen LogP contribution in [0.4, 0.5) is 16.5 Å². The van der Waals surface area contributed by atoms with E-state index in [9.17, 15) is 4.79 Å². The summed E-state index contributed by atoms with van der Waals surface area (Å²) in [6.45, 7) is 0. The summed E-state index contributed by atoms with van der Waals surface area (Å²) in [6, 6.07) is 12.7. The van der Waals surface area contributed by atoms with Crippen LogP contribution in [0.25, 0.3) is 0 Å². The molecule has 0 unspecified atom stereocenters. The number of nitrogens with zero attached hydrogens (tertiary/aromatic N) is 2. The predicted molar refractivity (Wildman–Crippen MR) is 115 cm³/mol. The van der Waals surface area contributed by atoms with Crippen LogP contribution < -0.4 is 24.8 Å². The van der Waals surface area contributed by atoms with Crippen molar-refractivity contribution in [3.8, 4) is 17.2 Å². The second kappa shape index (κ2) is 9.99. The zero-order valence-electron chi connectivity index (χ0n) is 16.1. The van der Waals surface area contributed by atoms with Gasteiger partial charge >= 0.3 is 0 Å². The van der Waals surface area contributed by atoms with Gasteiger partial charge in [0.15, 0.2) is 4.34 Å². The molecule has 0 atom stereocenters. The van der Waals surface area contributed by atoms with Crippen LogP contribution in [0.5, 0.6) is 17.2 Å². The Balaban J connectivity index is 1.54. The van der Waals surface area contributed by atoms with E-state index in [-0.39, 0.29) is 11.7 Å². The molecular formula is C19H20N4O4S2. The number of ether oxygens (including phenoxy) is 3. The molecule has 1 heterocycles. The van der Waals surface area contributed by atoms with Crippen molar-refractivity contribution in [1.82, 2.24) is 10.2 Å². The topological polar surface area (TPSA) is 94.6 Å². The number of thioether (sulfide) groups is 1. The minimum Gasteiger partial charge on any atom is -0.497 e. The van der Waals surface area contributed by atoms with Crippen LogP contribution in [-0.4, -0.2) is 43.2 Å². The van der Waals surface area contributed by atoms with Crippen molar-refractivity contribution in [1.29, 1.82) is 0 Å². The highest BCUT2D eigenvalue weighted by atomic mass is 32.2. The first-order chi connectivity index (χ1) is 14.1. The summed E-state index contributed by atoms with van der Waals surface area (Å²) < 4.78 is 16.3. The average molecular weight is 433 g/mol. The van der Waals surface area contributed by atoms with Gasteiger partial charge in [0, 0.05) is 17.8 Å². The van der Waals surface area contributed by atoms with Crippen LogP contribution >= 0.6 is 23.1 Å². The molecule has 8 nitrogen and oxygen atoms in total. The third kappa shape index (κ3) is 5.75. The van der Waals surface area contributed by atoms with E-state index < -0.39 is 0 Å². The summed E-state index contributed by atoms with van der Waals surface area (Å²) in [7, 11) is 4.73. The second-order valence-corrected chi connectivity index (χ2v) is 7.83. The largest absolute Gasteiger partial charge is 0.497 e. The fourth-order valence-corrected chi connectivity index (χ4v) is 3.93. The van der Waals surface area contributed by atoms with Crippen LogP contribution in [0, 0.1) is 0 Å². The quantitative estimate of drug-likeness (QED) is 0.489. The fraction of sp³-hybridized carbons (Fsp3) is 0.211. The molecule has 3 rings (SSSR count). The Kier molecular flexibility index (Phi) is 7.14. The molecule has 2 aromatic carbocycles. The Labute approximate surface area is 176 Å². The summed E-state index contributed by atoms with van der Waals surface area (Å²) >= 11 is 2.68. The van der Waals surface area contributed by atoms with E-state index in [0.29, 0.717) is 26.7 Å². The Hall–Kier alpha value is -2.98. The van der Waals surface area contributed by atoms with Crippen LogP contribution in [-0.2, 0) is 4.79 Å². The fourth-order valence-electron chi connectivity index (χ4n) is 2.36. The Morgan fingerprint density at radius 3 is 2.59 bits per heavy atom. The molecular weight excluding hydrogens is 412 g/mol. The van der Waals surface area contributed by atoms with Gasteiger partial charge in [-0.05, 0) is 24.3 Å². The third-order valence-corrected chi connectivity index (χ3v) is 5.71. The standard InChI is InChI=1S/C19H20N4O4S2/c1-25-13-6-4-5-12(9-13)20-18-22-23-19(29-18)28-11-17(24)21-15-8-7-14(26-2)10-16(15)27-3/h4-10H,11H2,1-3H3,(H,20,22)(H,21,24). The summed E-state index contributed by atoms with van der Waals surface area (Å²) in [5, 5.41) is 14.9. The molecule has 10 heteroatoms. The molecule has 0 fully saturated rings. The van der Waals surface area contributed by atoms with Gasteiger partial charge in [0.25, 0.3) is 0 Å². The number of methoxy groups -OCH3 is 3. The molecule has 0 aliphatic heterocycles. The lowest BCUT2D eigenvalue weighted by Gasteiger charge is -2.11. The van der Waals surface area contributed by atoms with Gasteiger partial charge in [-0.25, -0.2) is 0 Å². The summed E-state index contributed by atoms with van der Waals surface area (Å²) in [4.78, 5) is 12.3. The zero-order chi connectivity index (χ0) is 20.6. The number of rotatable bonds is 9. The molecule has 0 aliphatic rings. The molecule has 0 spiro atoms. The van der Waals surface area contributed by atoms with Crippen LogP contribution in [0.1, 0.15) is 0 Å². The maximum absolute atomic E-state index is 12.3.